The molecule has 1 saturated heterocycles. The third-order valence-electron chi connectivity index (χ3n) is 6.66. The fourth-order valence-electron chi connectivity index (χ4n) is 4.29. The zero-order chi connectivity index (χ0) is 30.0. The minimum absolute atomic E-state index is 0.0399. The minimum Gasteiger partial charge on any atom is -0.496 e. The molecule has 1 fully saturated rings. The molecule has 1 amide bonds. The first-order valence-electron chi connectivity index (χ1n) is 12.5. The van der Waals surface area contributed by atoms with E-state index in [-0.39, 0.29) is 32.5 Å². The highest BCUT2D eigenvalue weighted by Crippen LogP contribution is 2.32. The van der Waals surface area contributed by atoms with Crippen molar-refractivity contribution in [3.05, 3.63) is 77.9 Å². The summed E-state index contributed by atoms with van der Waals surface area (Å²) in [5.41, 5.74) is -1.12. The van der Waals surface area contributed by atoms with E-state index in [0.29, 0.717) is 25.1 Å². The van der Waals surface area contributed by atoms with E-state index in [0.717, 1.165) is 25.0 Å². The number of sulfonamides is 2. The lowest BCUT2D eigenvalue weighted by atomic mass is 10.0. The average Bonchev–Trinajstić information content (AvgIpc) is 2.92. The average molecular weight is 612 g/mol. The van der Waals surface area contributed by atoms with Crippen LogP contribution in [0.4, 0.5) is 24.5 Å². The maximum absolute atomic E-state index is 13.2. The Balaban J connectivity index is 1.51. The summed E-state index contributed by atoms with van der Waals surface area (Å²) in [6.07, 6.45) is -3.16. The highest BCUT2D eigenvalue weighted by molar-refractivity contribution is 7.92. The second-order valence-corrected chi connectivity index (χ2v) is 13.2. The molecule has 0 saturated carbocycles. The molecular weight excluding hydrogens is 583 g/mol. The number of halogens is 3. The van der Waals surface area contributed by atoms with Crippen molar-refractivity contribution in [3.63, 3.8) is 0 Å². The van der Waals surface area contributed by atoms with Crippen LogP contribution in [0.25, 0.3) is 0 Å². The predicted molar refractivity (Wildman–Crippen MR) is 147 cm³/mol. The van der Waals surface area contributed by atoms with Gasteiger partial charge in [0.1, 0.15) is 5.75 Å². The Hall–Kier alpha value is -3.62. The lowest BCUT2D eigenvalue weighted by Gasteiger charge is -2.29. The van der Waals surface area contributed by atoms with Gasteiger partial charge >= 0.3 is 6.18 Å². The lowest BCUT2D eigenvalue weighted by Crippen LogP contribution is -2.37. The molecule has 3 aromatic carbocycles. The van der Waals surface area contributed by atoms with Gasteiger partial charge in [0.05, 0.1) is 28.0 Å². The van der Waals surface area contributed by atoms with Gasteiger partial charge in [-0.25, -0.2) is 16.8 Å². The van der Waals surface area contributed by atoms with E-state index in [1.807, 2.05) is 0 Å². The zero-order valence-electron chi connectivity index (χ0n) is 22.1. The number of anilines is 2. The number of nitrogens with zero attached hydrogens (tertiary/aromatic N) is 1. The first kappa shape index (κ1) is 30.3. The molecule has 1 aliphatic heterocycles. The number of hydrogen-bond donors (Lipinski definition) is 2. The third kappa shape index (κ3) is 7.00. The van der Waals surface area contributed by atoms with Gasteiger partial charge in [-0.15, -0.1) is 0 Å². The highest BCUT2D eigenvalue weighted by Gasteiger charge is 2.31. The zero-order valence-corrected chi connectivity index (χ0v) is 23.7. The number of carbonyl (C=O) groups is 1. The van der Waals surface area contributed by atoms with Crippen LogP contribution in [0.3, 0.4) is 0 Å². The molecule has 14 heteroatoms. The van der Waals surface area contributed by atoms with Crippen LogP contribution >= 0.6 is 0 Å². The van der Waals surface area contributed by atoms with Gasteiger partial charge in [-0.05, 0) is 79.4 Å². The van der Waals surface area contributed by atoms with Crippen LogP contribution in [0.15, 0.2) is 76.5 Å². The SMILES string of the molecule is COc1ccc(S(=O)(=O)N2CCC(C)CC2)cc1C(=O)Nc1ccc(S(=O)(=O)Nc2cccc(C(F)(F)F)c2)cc1. The van der Waals surface area contributed by atoms with Gasteiger partial charge in [-0.2, -0.15) is 17.5 Å². The fourth-order valence-corrected chi connectivity index (χ4v) is 6.83. The van der Waals surface area contributed by atoms with Crippen LogP contribution in [-0.4, -0.2) is 47.2 Å². The smallest absolute Gasteiger partial charge is 0.416 e. The summed E-state index contributed by atoms with van der Waals surface area (Å²) in [6, 6.07) is 12.7. The van der Waals surface area contributed by atoms with Crippen molar-refractivity contribution in [3.8, 4) is 5.75 Å². The van der Waals surface area contributed by atoms with Crippen molar-refractivity contribution in [2.45, 2.75) is 35.7 Å². The van der Waals surface area contributed by atoms with E-state index in [2.05, 4.69) is 17.0 Å². The van der Waals surface area contributed by atoms with Crippen molar-refractivity contribution < 1.29 is 39.5 Å². The Morgan fingerprint density at radius 2 is 1.54 bits per heavy atom. The Labute approximate surface area is 236 Å². The molecule has 0 spiro atoms. The van der Waals surface area contributed by atoms with E-state index >= 15 is 0 Å². The molecule has 0 unspecified atom stereocenters. The number of hydrogen-bond acceptors (Lipinski definition) is 6. The second-order valence-electron chi connectivity index (χ2n) is 9.61. The first-order chi connectivity index (χ1) is 19.2. The van der Waals surface area contributed by atoms with Gasteiger partial charge in [-0.3, -0.25) is 9.52 Å². The van der Waals surface area contributed by atoms with E-state index in [9.17, 15) is 34.8 Å². The van der Waals surface area contributed by atoms with Crippen LogP contribution < -0.4 is 14.8 Å². The molecule has 0 aliphatic carbocycles. The maximum atomic E-state index is 13.2. The van der Waals surface area contributed by atoms with Crippen molar-refractivity contribution in [2.75, 3.05) is 30.2 Å². The molecule has 0 atom stereocenters. The molecule has 9 nitrogen and oxygen atoms in total. The Morgan fingerprint density at radius 1 is 0.902 bits per heavy atom. The van der Waals surface area contributed by atoms with Gasteiger partial charge in [0.15, 0.2) is 0 Å². The number of methoxy groups -OCH3 is 1. The van der Waals surface area contributed by atoms with Crippen LogP contribution in [0, 0.1) is 5.92 Å². The number of benzene rings is 3. The summed E-state index contributed by atoms with van der Waals surface area (Å²) in [5.74, 6) is -0.126. The molecule has 1 heterocycles. The van der Waals surface area contributed by atoms with Crippen molar-refractivity contribution in [2.24, 2.45) is 5.92 Å². The number of carbonyl (C=O) groups excluding carboxylic acids is 1. The number of nitrogens with one attached hydrogen (secondary N) is 2. The van der Waals surface area contributed by atoms with Gasteiger partial charge < -0.3 is 10.1 Å². The third-order valence-corrected chi connectivity index (χ3v) is 9.95. The molecule has 0 bridgehead atoms. The lowest BCUT2D eigenvalue weighted by molar-refractivity contribution is -0.137. The van der Waals surface area contributed by atoms with E-state index in [1.54, 1.807) is 0 Å². The number of piperidine rings is 1. The quantitative estimate of drug-likeness (QED) is 0.362. The van der Waals surface area contributed by atoms with Crippen molar-refractivity contribution >= 4 is 37.3 Å². The molecule has 41 heavy (non-hydrogen) atoms. The van der Waals surface area contributed by atoms with Crippen LogP contribution in [0.2, 0.25) is 0 Å². The molecule has 2 N–H and O–H groups in total. The van der Waals surface area contributed by atoms with Gasteiger partial charge in [0, 0.05) is 24.5 Å². The largest absolute Gasteiger partial charge is 0.496 e. The van der Waals surface area contributed by atoms with E-state index < -0.39 is 37.7 Å². The van der Waals surface area contributed by atoms with E-state index in [4.69, 9.17) is 4.74 Å². The molecule has 0 aromatic heterocycles. The number of rotatable bonds is 8. The highest BCUT2D eigenvalue weighted by atomic mass is 32.2. The van der Waals surface area contributed by atoms with Crippen molar-refractivity contribution in [1.82, 2.24) is 4.31 Å². The van der Waals surface area contributed by atoms with Gasteiger partial charge in [-0.1, -0.05) is 13.0 Å². The summed E-state index contributed by atoms with van der Waals surface area (Å²) in [7, 11) is -6.74. The summed E-state index contributed by atoms with van der Waals surface area (Å²) >= 11 is 0. The first-order valence-corrected chi connectivity index (χ1v) is 15.4. The molecule has 1 aliphatic rings. The summed E-state index contributed by atoms with van der Waals surface area (Å²) < 4.78 is 99.5. The van der Waals surface area contributed by atoms with Crippen LogP contribution in [-0.2, 0) is 26.2 Å². The minimum atomic E-state index is -4.64. The van der Waals surface area contributed by atoms with Crippen LogP contribution in [0.1, 0.15) is 35.7 Å². The topological polar surface area (TPSA) is 122 Å². The molecule has 0 radical (unpaired) electrons. The molecule has 220 valence electrons. The predicted octanol–water partition coefficient (Wildman–Crippen LogP) is 5.19. The number of alkyl halides is 3. The molecule has 3 aromatic rings. The number of amides is 1. The maximum Gasteiger partial charge on any atom is 0.416 e. The normalized spacial score (nSPS) is 15.3. The second kappa shape index (κ2) is 11.7. The Kier molecular flexibility index (Phi) is 8.66. The van der Waals surface area contributed by atoms with Crippen molar-refractivity contribution in [1.29, 1.82) is 0 Å². The standard InChI is InChI=1S/C27H28F3N3O6S2/c1-18-12-14-33(15-13-18)41(37,38)23-10-11-25(39-2)24(17-23)26(34)31-20-6-8-22(9-7-20)40(35,36)32-21-5-3-4-19(16-21)27(28,29)30/h3-11,16-18,32H,12-15H2,1-2H3,(H,31,34). The molecular formula is C27H28F3N3O6S2. The number of ether oxygens (including phenoxy) is 1. The van der Waals surface area contributed by atoms with Crippen LogP contribution in [0.5, 0.6) is 5.75 Å². The Morgan fingerprint density at radius 3 is 2.15 bits per heavy atom. The Bertz CT molecular complexity index is 1640. The van der Waals surface area contributed by atoms with E-state index in [1.165, 1.54) is 59.9 Å². The molecule has 4 rings (SSSR count). The monoisotopic (exact) mass is 611 g/mol. The summed E-state index contributed by atoms with van der Waals surface area (Å²) in [4.78, 5) is 12.8. The summed E-state index contributed by atoms with van der Waals surface area (Å²) in [5, 5.41) is 2.58. The van der Waals surface area contributed by atoms with Gasteiger partial charge in [0.25, 0.3) is 15.9 Å². The summed E-state index contributed by atoms with van der Waals surface area (Å²) in [6.45, 7) is 2.83. The fraction of sp³-hybridized carbons (Fsp3) is 0.296. The van der Waals surface area contributed by atoms with Gasteiger partial charge in [0.2, 0.25) is 10.0 Å².